The van der Waals surface area contributed by atoms with Crippen LogP contribution >= 0.6 is 0 Å². The quantitative estimate of drug-likeness (QED) is 0.790. The van der Waals surface area contributed by atoms with Crippen LogP contribution in [-0.2, 0) is 0 Å². The molecule has 2 rings (SSSR count). The van der Waals surface area contributed by atoms with Crippen LogP contribution < -0.4 is 5.32 Å². The Morgan fingerprint density at radius 3 is 2.52 bits per heavy atom. The topological polar surface area (TPSA) is 24.9 Å². The first-order valence-corrected chi connectivity index (χ1v) is 7.62. The molecule has 3 heteroatoms. The first-order chi connectivity index (χ1) is 10.2. The maximum Gasteiger partial charge on any atom is 0.123 e. The largest absolute Gasteiger partial charge is 0.303 e. The highest BCUT2D eigenvalue weighted by atomic mass is 19.1. The number of benzene rings is 1. The summed E-state index contributed by atoms with van der Waals surface area (Å²) in [4.78, 5) is 4.17. The van der Waals surface area contributed by atoms with Crippen molar-refractivity contribution in [1.29, 1.82) is 0 Å². The van der Waals surface area contributed by atoms with E-state index in [4.69, 9.17) is 0 Å². The first-order valence-electron chi connectivity index (χ1n) is 7.62. The molecule has 0 bridgehead atoms. The van der Waals surface area contributed by atoms with Gasteiger partial charge >= 0.3 is 0 Å². The molecule has 21 heavy (non-hydrogen) atoms. The number of hydrogen-bond acceptors (Lipinski definition) is 2. The molecule has 0 aliphatic carbocycles. The van der Waals surface area contributed by atoms with Crippen LogP contribution in [0.2, 0.25) is 0 Å². The maximum atomic E-state index is 13.1. The van der Waals surface area contributed by atoms with Crippen LogP contribution in [0.15, 0.2) is 48.8 Å². The van der Waals surface area contributed by atoms with Gasteiger partial charge in [0.2, 0.25) is 0 Å². The van der Waals surface area contributed by atoms with Gasteiger partial charge < -0.3 is 5.32 Å². The highest BCUT2D eigenvalue weighted by Crippen LogP contribution is 2.24. The number of halogens is 1. The third kappa shape index (κ3) is 4.64. The van der Waals surface area contributed by atoms with Crippen molar-refractivity contribution in [2.45, 2.75) is 45.2 Å². The summed E-state index contributed by atoms with van der Waals surface area (Å²) in [6, 6.07) is 11.3. The zero-order valence-electron chi connectivity index (χ0n) is 12.7. The van der Waals surface area contributed by atoms with Crippen molar-refractivity contribution in [3.63, 3.8) is 0 Å². The Morgan fingerprint density at radius 1 is 1.14 bits per heavy atom. The standard InChI is InChI=1S/C18H23FN2/c1-3-4-7-18(15-8-10-17(19)11-9-15)21-14(2)16-6-5-12-20-13-16/h5-6,8-14,18,21H,3-4,7H2,1-2H3. The summed E-state index contributed by atoms with van der Waals surface area (Å²) in [5.74, 6) is -0.187. The van der Waals surface area contributed by atoms with E-state index in [9.17, 15) is 4.39 Å². The molecule has 2 aromatic rings. The van der Waals surface area contributed by atoms with Crippen molar-refractivity contribution in [1.82, 2.24) is 10.3 Å². The van der Waals surface area contributed by atoms with Crippen molar-refractivity contribution in [2.75, 3.05) is 0 Å². The summed E-state index contributed by atoms with van der Waals surface area (Å²) in [5.41, 5.74) is 2.31. The normalized spacial score (nSPS) is 13.9. The number of aromatic nitrogens is 1. The molecule has 0 aliphatic heterocycles. The van der Waals surface area contributed by atoms with Gasteiger partial charge in [0.1, 0.15) is 5.82 Å². The smallest absolute Gasteiger partial charge is 0.123 e. The summed E-state index contributed by atoms with van der Waals surface area (Å²) >= 11 is 0. The van der Waals surface area contributed by atoms with Crippen molar-refractivity contribution in [3.8, 4) is 0 Å². The molecular weight excluding hydrogens is 263 g/mol. The molecule has 2 unspecified atom stereocenters. The van der Waals surface area contributed by atoms with E-state index in [1.807, 2.05) is 24.4 Å². The van der Waals surface area contributed by atoms with Gasteiger partial charge in [-0.25, -0.2) is 4.39 Å². The van der Waals surface area contributed by atoms with E-state index < -0.39 is 0 Å². The van der Waals surface area contributed by atoms with E-state index in [1.54, 1.807) is 6.20 Å². The van der Waals surface area contributed by atoms with Crippen LogP contribution in [-0.4, -0.2) is 4.98 Å². The maximum absolute atomic E-state index is 13.1. The molecule has 2 nitrogen and oxygen atoms in total. The van der Waals surface area contributed by atoms with Gasteiger partial charge in [0.15, 0.2) is 0 Å². The Hall–Kier alpha value is -1.74. The van der Waals surface area contributed by atoms with Crippen molar-refractivity contribution in [3.05, 3.63) is 65.7 Å². The third-order valence-electron chi connectivity index (χ3n) is 3.75. The molecule has 1 heterocycles. The zero-order valence-corrected chi connectivity index (χ0v) is 12.7. The Balaban J connectivity index is 2.10. The molecule has 112 valence electrons. The van der Waals surface area contributed by atoms with Crippen LogP contribution in [0.5, 0.6) is 0 Å². The molecule has 0 aliphatic rings. The van der Waals surface area contributed by atoms with E-state index in [0.29, 0.717) is 0 Å². The van der Waals surface area contributed by atoms with Gasteiger partial charge in [-0.05, 0) is 42.7 Å². The second-order valence-electron chi connectivity index (χ2n) is 5.42. The van der Waals surface area contributed by atoms with Gasteiger partial charge in [0.05, 0.1) is 0 Å². The average molecular weight is 286 g/mol. The molecule has 0 saturated heterocycles. The van der Waals surface area contributed by atoms with Crippen molar-refractivity contribution in [2.24, 2.45) is 0 Å². The highest BCUT2D eigenvalue weighted by Gasteiger charge is 2.15. The molecule has 0 spiro atoms. The number of unbranched alkanes of at least 4 members (excludes halogenated alkanes) is 1. The fourth-order valence-electron chi connectivity index (χ4n) is 2.48. The van der Waals surface area contributed by atoms with Gasteiger partial charge in [0, 0.05) is 24.5 Å². The lowest BCUT2D eigenvalue weighted by atomic mass is 9.99. The van der Waals surface area contributed by atoms with Crippen LogP contribution in [0.25, 0.3) is 0 Å². The minimum Gasteiger partial charge on any atom is -0.303 e. The summed E-state index contributed by atoms with van der Waals surface area (Å²) in [5, 5.41) is 3.64. The Morgan fingerprint density at radius 2 is 1.90 bits per heavy atom. The molecule has 0 saturated carbocycles. The molecule has 0 fully saturated rings. The summed E-state index contributed by atoms with van der Waals surface area (Å²) < 4.78 is 13.1. The molecule has 1 aromatic carbocycles. The second kappa shape index (κ2) is 7.89. The van der Waals surface area contributed by atoms with Crippen LogP contribution in [0.3, 0.4) is 0 Å². The Kier molecular flexibility index (Phi) is 5.88. The molecule has 0 amide bonds. The number of hydrogen-bond donors (Lipinski definition) is 1. The van der Waals surface area contributed by atoms with Crippen LogP contribution in [0.4, 0.5) is 4.39 Å². The van der Waals surface area contributed by atoms with Crippen molar-refractivity contribution < 1.29 is 4.39 Å². The van der Waals surface area contributed by atoms with Crippen LogP contribution in [0.1, 0.15) is 56.3 Å². The highest BCUT2D eigenvalue weighted by molar-refractivity contribution is 5.21. The van der Waals surface area contributed by atoms with Gasteiger partial charge in [-0.1, -0.05) is 38.0 Å². The molecular formula is C18H23FN2. The van der Waals surface area contributed by atoms with E-state index in [0.717, 1.165) is 24.8 Å². The first kappa shape index (κ1) is 15.6. The third-order valence-corrected chi connectivity index (χ3v) is 3.75. The molecule has 1 aromatic heterocycles. The SMILES string of the molecule is CCCCC(NC(C)c1cccnc1)c1ccc(F)cc1. The number of pyridine rings is 1. The summed E-state index contributed by atoms with van der Waals surface area (Å²) in [7, 11) is 0. The van der Waals surface area contributed by atoms with E-state index in [-0.39, 0.29) is 17.9 Å². The Bertz CT molecular complexity index is 525. The number of rotatable bonds is 7. The lowest BCUT2D eigenvalue weighted by Crippen LogP contribution is -2.25. The lowest BCUT2D eigenvalue weighted by molar-refractivity contribution is 0.430. The van der Waals surface area contributed by atoms with Gasteiger partial charge in [-0.2, -0.15) is 0 Å². The molecule has 1 N–H and O–H groups in total. The fourth-order valence-corrected chi connectivity index (χ4v) is 2.48. The second-order valence-corrected chi connectivity index (χ2v) is 5.42. The molecule has 2 atom stereocenters. The predicted molar refractivity (Wildman–Crippen MR) is 84.5 cm³/mol. The number of nitrogens with zero attached hydrogens (tertiary/aromatic N) is 1. The number of nitrogens with one attached hydrogen (secondary N) is 1. The minimum absolute atomic E-state index is 0.187. The van der Waals surface area contributed by atoms with Gasteiger partial charge in [0.25, 0.3) is 0 Å². The lowest BCUT2D eigenvalue weighted by Gasteiger charge is -2.24. The monoisotopic (exact) mass is 286 g/mol. The minimum atomic E-state index is -0.187. The van der Waals surface area contributed by atoms with Crippen molar-refractivity contribution >= 4 is 0 Å². The Labute approximate surface area is 126 Å². The molecule has 0 radical (unpaired) electrons. The zero-order chi connectivity index (χ0) is 15.1. The van der Waals surface area contributed by atoms with Crippen LogP contribution in [0, 0.1) is 5.82 Å². The van der Waals surface area contributed by atoms with E-state index >= 15 is 0 Å². The fraction of sp³-hybridized carbons (Fsp3) is 0.389. The summed E-state index contributed by atoms with van der Waals surface area (Å²) in [6.07, 6.45) is 7.02. The van der Waals surface area contributed by atoms with Gasteiger partial charge in [-0.3, -0.25) is 4.98 Å². The average Bonchev–Trinajstić information content (AvgIpc) is 2.53. The summed E-state index contributed by atoms with van der Waals surface area (Å²) in [6.45, 7) is 4.33. The predicted octanol–water partition coefficient (Wildman–Crippen LogP) is 4.80. The van der Waals surface area contributed by atoms with Gasteiger partial charge in [-0.15, -0.1) is 0 Å². The van der Waals surface area contributed by atoms with E-state index in [2.05, 4.69) is 30.2 Å². The van der Waals surface area contributed by atoms with E-state index in [1.165, 1.54) is 17.7 Å².